The van der Waals surface area contributed by atoms with Gasteiger partial charge < -0.3 is 14.4 Å². The van der Waals surface area contributed by atoms with Gasteiger partial charge in [0, 0.05) is 28.3 Å². The number of para-hydroxylation sites is 2. The minimum absolute atomic E-state index is 0.104. The van der Waals surface area contributed by atoms with E-state index in [4.69, 9.17) is 9.47 Å². The molecule has 288 valence electrons. The molecule has 0 bridgehead atoms. The SMILES string of the molecule is CC1(C)c2ccccc2-c2ccc(-c3ccccc3N(c3ccccc3)c3ccc4c(c3)Oc3c(ccc5c3-c3ccccc3C53c5ccccc5-c5ccccc53)O4)cc21. The van der Waals surface area contributed by atoms with Gasteiger partial charge in [-0.15, -0.1) is 0 Å². The Hall–Kier alpha value is -7.62. The molecule has 3 nitrogen and oxygen atoms in total. The van der Waals surface area contributed by atoms with Gasteiger partial charge in [0.1, 0.15) is 0 Å². The van der Waals surface area contributed by atoms with E-state index >= 15 is 0 Å². The summed E-state index contributed by atoms with van der Waals surface area (Å²) in [6.45, 7) is 4.69. The molecule has 0 radical (unpaired) electrons. The molecular formula is C58H39NO2. The Labute approximate surface area is 355 Å². The fourth-order valence-electron chi connectivity index (χ4n) is 11.1. The summed E-state index contributed by atoms with van der Waals surface area (Å²) in [5.41, 5.74) is 20.1. The quantitative estimate of drug-likeness (QED) is 0.177. The molecule has 1 aliphatic heterocycles. The smallest absolute Gasteiger partial charge is 0.178 e. The molecule has 3 aliphatic carbocycles. The van der Waals surface area contributed by atoms with Gasteiger partial charge in [-0.1, -0.05) is 166 Å². The Morgan fingerprint density at radius 2 is 0.918 bits per heavy atom. The van der Waals surface area contributed by atoms with E-state index in [2.05, 4.69) is 213 Å². The maximum absolute atomic E-state index is 7.19. The maximum Gasteiger partial charge on any atom is 0.178 e. The normalized spacial score (nSPS) is 14.6. The van der Waals surface area contributed by atoms with Crippen molar-refractivity contribution in [2.45, 2.75) is 24.7 Å². The summed E-state index contributed by atoms with van der Waals surface area (Å²) < 4.78 is 14.0. The van der Waals surface area contributed by atoms with Gasteiger partial charge in [0.15, 0.2) is 23.0 Å². The van der Waals surface area contributed by atoms with Crippen molar-refractivity contribution in [3.63, 3.8) is 0 Å². The molecule has 3 heteroatoms. The molecule has 0 N–H and O–H groups in total. The molecule has 61 heavy (non-hydrogen) atoms. The zero-order chi connectivity index (χ0) is 40.5. The van der Waals surface area contributed by atoms with E-state index in [1.54, 1.807) is 0 Å². The molecule has 13 rings (SSSR count). The van der Waals surface area contributed by atoms with Crippen molar-refractivity contribution in [1.29, 1.82) is 0 Å². The zero-order valence-corrected chi connectivity index (χ0v) is 33.8. The third kappa shape index (κ3) is 4.58. The van der Waals surface area contributed by atoms with Crippen LogP contribution in [0.3, 0.4) is 0 Å². The van der Waals surface area contributed by atoms with Crippen LogP contribution in [-0.2, 0) is 10.8 Å². The third-order valence-electron chi connectivity index (χ3n) is 13.7. The van der Waals surface area contributed by atoms with Crippen molar-refractivity contribution in [3.05, 3.63) is 234 Å². The largest absolute Gasteiger partial charge is 0.449 e. The molecule has 9 aromatic rings. The van der Waals surface area contributed by atoms with Crippen LogP contribution in [0.4, 0.5) is 17.1 Å². The second kappa shape index (κ2) is 12.5. The van der Waals surface area contributed by atoms with Crippen molar-refractivity contribution >= 4 is 17.1 Å². The summed E-state index contributed by atoms with van der Waals surface area (Å²) in [5, 5.41) is 0. The standard InChI is InChI=1S/C58H39NO2/c1-57(2)45-23-11-6-19-40(45)43-30-28-36(34-50(43)57)39-18-10-15-27-51(39)59(37-16-4-3-5-17-37)38-29-32-52-54(35-38)61-56-53(60-52)33-31-49-55(56)44-22-9-14-26-48(44)58(49)46-24-12-7-20-41(46)42-21-8-13-25-47(42)58/h3-35H,1-2H3. The maximum atomic E-state index is 7.19. The molecule has 1 heterocycles. The van der Waals surface area contributed by atoms with Crippen molar-refractivity contribution < 1.29 is 9.47 Å². The minimum Gasteiger partial charge on any atom is -0.449 e. The summed E-state index contributed by atoms with van der Waals surface area (Å²) >= 11 is 0. The fraction of sp³-hybridized carbons (Fsp3) is 0.0690. The molecule has 0 saturated carbocycles. The first-order chi connectivity index (χ1) is 30.0. The van der Waals surface area contributed by atoms with Crippen molar-refractivity contribution in [3.8, 4) is 67.5 Å². The van der Waals surface area contributed by atoms with Crippen LogP contribution >= 0.6 is 0 Å². The summed E-state index contributed by atoms with van der Waals surface area (Å²) in [7, 11) is 0. The molecule has 0 unspecified atom stereocenters. The average molecular weight is 782 g/mol. The number of hydrogen-bond acceptors (Lipinski definition) is 3. The van der Waals surface area contributed by atoms with Crippen LogP contribution in [-0.4, -0.2) is 0 Å². The van der Waals surface area contributed by atoms with Crippen molar-refractivity contribution in [2.75, 3.05) is 4.90 Å². The number of benzene rings is 9. The Morgan fingerprint density at radius 3 is 1.64 bits per heavy atom. The second-order valence-electron chi connectivity index (χ2n) is 17.2. The van der Waals surface area contributed by atoms with Gasteiger partial charge in [0.2, 0.25) is 0 Å². The molecule has 4 aliphatic rings. The van der Waals surface area contributed by atoms with Crippen molar-refractivity contribution in [2.24, 2.45) is 0 Å². The Balaban J connectivity index is 0.956. The lowest BCUT2D eigenvalue weighted by Gasteiger charge is -2.31. The first kappa shape index (κ1) is 34.3. The lowest BCUT2D eigenvalue weighted by molar-refractivity contribution is 0.360. The van der Waals surface area contributed by atoms with Gasteiger partial charge in [-0.25, -0.2) is 0 Å². The number of nitrogens with zero attached hydrogens (tertiary/aromatic N) is 1. The van der Waals surface area contributed by atoms with Gasteiger partial charge in [0.05, 0.1) is 16.8 Å². The van der Waals surface area contributed by atoms with E-state index in [0.717, 1.165) is 39.7 Å². The minimum atomic E-state index is -0.469. The highest BCUT2D eigenvalue weighted by atomic mass is 16.6. The Bertz CT molecular complexity index is 3260. The van der Waals surface area contributed by atoms with Crippen molar-refractivity contribution in [1.82, 2.24) is 0 Å². The van der Waals surface area contributed by atoms with Crippen LogP contribution in [0.15, 0.2) is 200 Å². The molecule has 0 atom stereocenters. The molecule has 0 aromatic heterocycles. The average Bonchev–Trinajstić information content (AvgIpc) is 3.87. The summed E-state index contributed by atoms with van der Waals surface area (Å²) in [4.78, 5) is 2.34. The molecule has 0 fully saturated rings. The van der Waals surface area contributed by atoms with Gasteiger partial charge in [0.25, 0.3) is 0 Å². The first-order valence-electron chi connectivity index (χ1n) is 21.2. The number of anilines is 3. The van der Waals surface area contributed by atoms with E-state index in [1.165, 1.54) is 66.8 Å². The van der Waals surface area contributed by atoms with Gasteiger partial charge in [-0.05, 0) is 109 Å². The van der Waals surface area contributed by atoms with Gasteiger partial charge >= 0.3 is 0 Å². The highest BCUT2D eigenvalue weighted by Crippen LogP contribution is 2.66. The lowest BCUT2D eigenvalue weighted by atomic mass is 9.70. The Kier molecular flexibility index (Phi) is 6.99. The van der Waals surface area contributed by atoms with Crippen LogP contribution in [0.1, 0.15) is 47.2 Å². The zero-order valence-electron chi connectivity index (χ0n) is 33.8. The lowest BCUT2D eigenvalue weighted by Crippen LogP contribution is -2.25. The number of fused-ring (bicyclic) bond motifs is 16. The Morgan fingerprint density at radius 1 is 0.361 bits per heavy atom. The highest BCUT2D eigenvalue weighted by molar-refractivity contribution is 5.98. The number of rotatable bonds is 4. The van der Waals surface area contributed by atoms with Crippen LogP contribution < -0.4 is 14.4 Å². The van der Waals surface area contributed by atoms with Crippen LogP contribution in [0.5, 0.6) is 23.0 Å². The molecule has 0 saturated heterocycles. The van der Waals surface area contributed by atoms with E-state index in [-0.39, 0.29) is 5.41 Å². The summed E-state index contributed by atoms with van der Waals surface area (Å²) in [5.74, 6) is 2.84. The predicted molar refractivity (Wildman–Crippen MR) is 247 cm³/mol. The van der Waals surface area contributed by atoms with E-state index < -0.39 is 5.41 Å². The molecule has 9 aromatic carbocycles. The number of hydrogen-bond donors (Lipinski definition) is 0. The van der Waals surface area contributed by atoms with Crippen LogP contribution in [0, 0.1) is 0 Å². The predicted octanol–water partition coefficient (Wildman–Crippen LogP) is 15.4. The fourth-order valence-corrected chi connectivity index (χ4v) is 11.1. The monoisotopic (exact) mass is 781 g/mol. The van der Waals surface area contributed by atoms with E-state index in [9.17, 15) is 0 Å². The van der Waals surface area contributed by atoms with Crippen LogP contribution in [0.2, 0.25) is 0 Å². The molecule has 0 amide bonds. The van der Waals surface area contributed by atoms with E-state index in [0.29, 0.717) is 11.5 Å². The van der Waals surface area contributed by atoms with Gasteiger partial charge in [-0.3, -0.25) is 0 Å². The first-order valence-corrected chi connectivity index (χ1v) is 21.2. The summed E-state index contributed by atoms with van der Waals surface area (Å²) in [6.07, 6.45) is 0. The topological polar surface area (TPSA) is 21.7 Å². The van der Waals surface area contributed by atoms with Gasteiger partial charge in [-0.2, -0.15) is 0 Å². The number of ether oxygens (including phenoxy) is 2. The van der Waals surface area contributed by atoms with Crippen LogP contribution in [0.25, 0.3) is 44.5 Å². The third-order valence-corrected chi connectivity index (χ3v) is 13.7. The molecule has 1 spiro atoms. The van der Waals surface area contributed by atoms with E-state index in [1.807, 2.05) is 6.07 Å². The second-order valence-corrected chi connectivity index (χ2v) is 17.2. The molecular weight excluding hydrogens is 743 g/mol. The highest BCUT2D eigenvalue weighted by Gasteiger charge is 2.53. The summed E-state index contributed by atoms with van der Waals surface area (Å²) in [6, 6.07) is 72.5.